The number of rotatable bonds is 11. The Balaban J connectivity index is 1.30. The molecule has 2 N–H and O–H groups in total. The molecule has 1 aromatic rings. The third-order valence-electron chi connectivity index (χ3n) is 12.3. The van der Waals surface area contributed by atoms with E-state index in [9.17, 15) is 19.5 Å². The van der Waals surface area contributed by atoms with Crippen molar-refractivity contribution >= 4 is 23.6 Å². The van der Waals surface area contributed by atoms with Crippen LogP contribution in [0.4, 0.5) is 0 Å². The predicted octanol–water partition coefficient (Wildman–Crippen LogP) is 6.60. The van der Waals surface area contributed by atoms with E-state index in [0.717, 1.165) is 38.2 Å². The van der Waals surface area contributed by atoms with Crippen LogP contribution < -0.4 is 14.8 Å². The summed E-state index contributed by atoms with van der Waals surface area (Å²) in [6, 6.07) is 0. The van der Waals surface area contributed by atoms with Crippen LogP contribution in [0, 0.1) is 11.8 Å². The lowest BCUT2D eigenvalue weighted by molar-refractivity contribution is -0.171. The number of esters is 1. The largest absolute Gasteiger partial charge is 0.506 e. The minimum absolute atomic E-state index is 0.0167. The van der Waals surface area contributed by atoms with Crippen LogP contribution in [0.2, 0.25) is 0 Å². The van der Waals surface area contributed by atoms with E-state index in [1.807, 2.05) is 46.8 Å². The van der Waals surface area contributed by atoms with Gasteiger partial charge in [-0.25, -0.2) is 4.79 Å². The molecule has 2 saturated heterocycles. The molecule has 1 spiro atoms. The maximum atomic E-state index is 15.0. The first-order chi connectivity index (χ1) is 25.5. The summed E-state index contributed by atoms with van der Waals surface area (Å²) in [6.07, 6.45) is 13.9. The fourth-order valence-corrected chi connectivity index (χ4v) is 9.48. The molecule has 0 amide bonds. The van der Waals surface area contributed by atoms with E-state index in [2.05, 4.69) is 36.2 Å². The van der Waals surface area contributed by atoms with E-state index >= 15 is 0 Å². The SMILES string of the molecule is CC(C)=CCCC1(C)C=Cc2c(O)c3c(c(CC=C(C)C)c2O1)OC12C(=CC4CC1C(C)(C)OC2(C/C=C(/C)C(=O)OCCN1CCNCC1)C4=O)C3=O. The Morgan fingerprint density at radius 1 is 1.02 bits per heavy atom. The van der Waals surface area contributed by atoms with Crippen molar-refractivity contribution in [2.75, 3.05) is 39.3 Å². The lowest BCUT2D eigenvalue weighted by atomic mass is 9.51. The van der Waals surface area contributed by atoms with E-state index < -0.39 is 34.3 Å². The minimum Gasteiger partial charge on any atom is -0.506 e. The summed E-state index contributed by atoms with van der Waals surface area (Å²) in [5, 5.41) is 15.3. The van der Waals surface area contributed by atoms with Crippen molar-refractivity contribution in [1.29, 1.82) is 0 Å². The number of carbonyl (C=O) groups is 3. The van der Waals surface area contributed by atoms with Crippen molar-refractivity contribution in [2.24, 2.45) is 11.8 Å². The molecule has 10 heteroatoms. The van der Waals surface area contributed by atoms with Gasteiger partial charge in [0, 0.05) is 67.7 Å². The molecule has 8 rings (SSSR count). The van der Waals surface area contributed by atoms with E-state index in [-0.39, 0.29) is 47.6 Å². The highest BCUT2D eigenvalue weighted by atomic mass is 16.6. The maximum absolute atomic E-state index is 15.0. The van der Waals surface area contributed by atoms with Crippen LogP contribution in [-0.2, 0) is 25.5 Å². The summed E-state index contributed by atoms with van der Waals surface area (Å²) in [6.45, 7) is 20.3. The summed E-state index contributed by atoms with van der Waals surface area (Å²) in [4.78, 5) is 45.1. The van der Waals surface area contributed by atoms with Crippen molar-refractivity contribution < 1.29 is 38.4 Å². The molecule has 5 unspecified atom stereocenters. The van der Waals surface area contributed by atoms with Gasteiger partial charge in [-0.2, -0.15) is 0 Å². The highest BCUT2D eigenvalue weighted by molar-refractivity contribution is 6.19. The zero-order chi connectivity index (χ0) is 38.8. The first kappa shape index (κ1) is 38.3. The summed E-state index contributed by atoms with van der Waals surface area (Å²) in [5.41, 5.74) is -0.461. The molecule has 5 atom stereocenters. The number of nitrogens with one attached hydrogen (secondary N) is 1. The standard InChI is InChI=1S/C44H56N2O8/c1-26(2)10-9-15-42(8)16-14-30-35(47)34-36(48)32-24-29-25-33-41(6,7)54-43(39(29)49,17-13-28(5)40(50)51-23-22-46-20-18-45-19-21-46)44(32,33)53-38(34)31(37(30)52-42)12-11-27(3)4/h10-11,13-14,16,24,29,33,45,47H,9,12,15,17-23,25H2,1-8H3/b28-13-. The Morgan fingerprint density at radius 2 is 1.74 bits per heavy atom. The monoisotopic (exact) mass is 740 g/mol. The molecule has 7 aliphatic rings. The van der Waals surface area contributed by atoms with Gasteiger partial charge < -0.3 is 29.4 Å². The fourth-order valence-electron chi connectivity index (χ4n) is 9.48. The zero-order valence-electron chi connectivity index (χ0n) is 33.1. The number of ketones is 2. The molecule has 0 aromatic heterocycles. The normalized spacial score (nSPS) is 30.4. The average molecular weight is 741 g/mol. The van der Waals surface area contributed by atoms with Crippen LogP contribution in [0.15, 0.2) is 52.7 Å². The van der Waals surface area contributed by atoms with Crippen LogP contribution in [-0.4, -0.2) is 89.3 Å². The number of carbonyl (C=O) groups excluding carboxylic acids is 3. The van der Waals surface area contributed by atoms with Crippen LogP contribution in [0.25, 0.3) is 6.08 Å². The van der Waals surface area contributed by atoms with Gasteiger partial charge in [-0.15, -0.1) is 0 Å². The Morgan fingerprint density at radius 3 is 2.44 bits per heavy atom. The topological polar surface area (TPSA) is 124 Å². The first-order valence-electron chi connectivity index (χ1n) is 19.6. The Bertz CT molecular complexity index is 1920. The summed E-state index contributed by atoms with van der Waals surface area (Å²) >= 11 is 0. The fraction of sp³-hybridized carbons (Fsp3) is 0.568. The molecular weight excluding hydrogens is 684 g/mol. The van der Waals surface area contributed by atoms with Gasteiger partial charge in [-0.3, -0.25) is 14.5 Å². The van der Waals surface area contributed by atoms with Crippen molar-refractivity contribution in [3.63, 3.8) is 0 Å². The van der Waals surface area contributed by atoms with E-state index in [0.29, 0.717) is 53.8 Å². The number of allylic oxidation sites excluding steroid dienone is 5. The molecule has 1 saturated carbocycles. The first-order valence-corrected chi connectivity index (χ1v) is 19.6. The zero-order valence-corrected chi connectivity index (χ0v) is 33.1. The maximum Gasteiger partial charge on any atom is 0.333 e. The van der Waals surface area contributed by atoms with Crippen LogP contribution >= 0.6 is 0 Å². The molecule has 0 radical (unpaired) electrons. The number of aromatic hydroxyl groups is 1. The summed E-state index contributed by atoms with van der Waals surface area (Å²) < 4.78 is 26.7. The number of phenols is 1. The number of fused-ring (bicyclic) bond motifs is 2. The second kappa shape index (κ2) is 13.9. The van der Waals surface area contributed by atoms with Gasteiger partial charge in [0.25, 0.3) is 0 Å². The van der Waals surface area contributed by atoms with Crippen LogP contribution in [0.1, 0.15) is 103 Å². The van der Waals surface area contributed by atoms with E-state index in [1.165, 1.54) is 5.57 Å². The smallest absolute Gasteiger partial charge is 0.333 e. The van der Waals surface area contributed by atoms with Gasteiger partial charge in [0.2, 0.25) is 0 Å². The number of ether oxygens (including phenoxy) is 4. The van der Waals surface area contributed by atoms with Crippen LogP contribution in [0.3, 0.4) is 0 Å². The Hall–Kier alpha value is -3.99. The van der Waals surface area contributed by atoms with Gasteiger partial charge in [0.1, 0.15) is 35.0 Å². The minimum atomic E-state index is -1.59. The number of nitrogens with zero attached hydrogens (tertiary/aromatic N) is 1. The second-order valence-electron chi connectivity index (χ2n) is 17.2. The molecule has 4 aliphatic heterocycles. The number of Topliss-reactive ketones (excluding diaryl/α,β-unsaturated/α-hetero) is 2. The number of benzene rings is 1. The quantitative estimate of drug-likeness (QED) is 0.146. The van der Waals surface area contributed by atoms with E-state index in [1.54, 1.807) is 19.1 Å². The lowest BCUT2D eigenvalue weighted by Gasteiger charge is -2.56. The average Bonchev–Trinajstić information content (AvgIpc) is 3.27. The number of hydrogen-bond donors (Lipinski definition) is 2. The van der Waals surface area contributed by atoms with Gasteiger partial charge in [0.15, 0.2) is 22.8 Å². The Kier molecular flexibility index (Phi) is 9.89. The summed E-state index contributed by atoms with van der Waals surface area (Å²) in [7, 11) is 0. The molecule has 54 heavy (non-hydrogen) atoms. The molecule has 4 heterocycles. The number of hydrogen-bond acceptors (Lipinski definition) is 10. The molecule has 3 aliphatic carbocycles. The van der Waals surface area contributed by atoms with Gasteiger partial charge in [0.05, 0.1) is 11.2 Å². The lowest BCUT2D eigenvalue weighted by Crippen LogP contribution is -2.72. The van der Waals surface area contributed by atoms with Crippen molar-refractivity contribution in [2.45, 2.75) is 110 Å². The molecule has 290 valence electrons. The number of piperazine rings is 1. The van der Waals surface area contributed by atoms with Crippen LogP contribution in [0.5, 0.6) is 17.2 Å². The summed E-state index contributed by atoms with van der Waals surface area (Å²) in [5.74, 6) is -1.43. The molecule has 4 bridgehead atoms. The second-order valence-corrected chi connectivity index (χ2v) is 17.2. The van der Waals surface area contributed by atoms with Crippen molar-refractivity contribution in [3.8, 4) is 17.2 Å². The third-order valence-corrected chi connectivity index (χ3v) is 12.3. The highest BCUT2D eigenvalue weighted by Crippen LogP contribution is 2.68. The van der Waals surface area contributed by atoms with Gasteiger partial charge in [-0.1, -0.05) is 35.5 Å². The molecule has 10 nitrogen and oxygen atoms in total. The Labute approximate surface area is 319 Å². The predicted molar refractivity (Wildman–Crippen MR) is 207 cm³/mol. The van der Waals surface area contributed by atoms with Crippen molar-refractivity contribution in [1.82, 2.24) is 10.2 Å². The molecular formula is C44H56N2O8. The van der Waals surface area contributed by atoms with Gasteiger partial charge in [-0.05, 0) is 93.2 Å². The van der Waals surface area contributed by atoms with E-state index in [4.69, 9.17) is 18.9 Å². The highest BCUT2D eigenvalue weighted by Gasteiger charge is 2.81. The third kappa shape index (κ3) is 6.18. The molecule has 3 fully saturated rings. The van der Waals surface area contributed by atoms with Gasteiger partial charge >= 0.3 is 5.97 Å². The number of phenolic OH excluding ortho intramolecular Hbond substituents is 1. The molecule has 1 aromatic carbocycles. The van der Waals surface area contributed by atoms with Crippen molar-refractivity contribution in [3.05, 3.63) is 69.4 Å².